The van der Waals surface area contributed by atoms with E-state index in [1.54, 1.807) is 6.07 Å². The summed E-state index contributed by atoms with van der Waals surface area (Å²) in [6, 6.07) is 10.8. The van der Waals surface area contributed by atoms with E-state index in [0.717, 1.165) is 17.7 Å². The lowest BCUT2D eigenvalue weighted by Gasteiger charge is -2.06. The summed E-state index contributed by atoms with van der Waals surface area (Å²) < 4.78 is 26.3. The van der Waals surface area contributed by atoms with Crippen LogP contribution in [0.15, 0.2) is 47.4 Å². The Bertz CT molecular complexity index is 529. The molecule has 0 aliphatic carbocycles. The molecule has 0 saturated carbocycles. The summed E-state index contributed by atoms with van der Waals surface area (Å²) in [6.07, 6.45) is 0. The fourth-order valence-corrected chi connectivity index (χ4v) is 2.38. The van der Waals surface area contributed by atoms with Crippen molar-refractivity contribution in [1.82, 2.24) is 0 Å². The van der Waals surface area contributed by atoms with E-state index in [-0.39, 0.29) is 0 Å². The quantitative estimate of drug-likeness (QED) is 0.662. The Morgan fingerprint density at radius 2 is 1.82 bits per heavy atom. The van der Waals surface area contributed by atoms with Crippen LogP contribution < -0.4 is 5.73 Å². The van der Waals surface area contributed by atoms with E-state index in [0.29, 0.717) is 16.3 Å². The van der Waals surface area contributed by atoms with Crippen molar-refractivity contribution < 1.29 is 8.78 Å². The Morgan fingerprint density at radius 3 is 2.59 bits per heavy atom. The molecule has 0 aromatic heterocycles. The van der Waals surface area contributed by atoms with Gasteiger partial charge in [0, 0.05) is 16.3 Å². The first-order valence-electron chi connectivity index (χ1n) is 5.08. The molecule has 0 aliphatic rings. The van der Waals surface area contributed by atoms with Crippen molar-refractivity contribution in [2.75, 3.05) is 5.73 Å². The molecule has 2 rings (SSSR count). The van der Waals surface area contributed by atoms with E-state index in [1.165, 1.54) is 17.8 Å². The fourth-order valence-electron chi connectivity index (χ4n) is 1.41. The van der Waals surface area contributed by atoms with Gasteiger partial charge in [-0.3, -0.25) is 0 Å². The zero-order valence-electron chi connectivity index (χ0n) is 8.99. The number of nitrogens with two attached hydrogens (primary N) is 1. The van der Waals surface area contributed by atoms with E-state index < -0.39 is 11.6 Å². The first-order valence-corrected chi connectivity index (χ1v) is 6.06. The summed E-state index contributed by atoms with van der Waals surface area (Å²) in [6.45, 7) is 0. The summed E-state index contributed by atoms with van der Waals surface area (Å²) in [4.78, 5) is 0.299. The molecule has 1 nitrogen and oxygen atoms in total. The molecular formula is C13H11F2NS. The number of benzene rings is 2. The van der Waals surface area contributed by atoms with Gasteiger partial charge in [-0.2, -0.15) is 0 Å². The molecule has 2 aromatic rings. The van der Waals surface area contributed by atoms with Gasteiger partial charge < -0.3 is 5.73 Å². The highest BCUT2D eigenvalue weighted by Gasteiger charge is 2.06. The van der Waals surface area contributed by atoms with E-state index >= 15 is 0 Å². The van der Waals surface area contributed by atoms with E-state index in [2.05, 4.69) is 0 Å². The first kappa shape index (κ1) is 11.9. The van der Waals surface area contributed by atoms with E-state index in [1.807, 2.05) is 18.2 Å². The molecule has 0 heterocycles. The highest BCUT2D eigenvalue weighted by atomic mass is 32.2. The molecule has 0 fully saturated rings. The SMILES string of the molecule is Nc1ccccc1CSc1cc(F)ccc1F. The molecular weight excluding hydrogens is 240 g/mol. The van der Waals surface area contributed by atoms with Crippen LogP contribution in [0.25, 0.3) is 0 Å². The average Bonchev–Trinajstić information content (AvgIpc) is 2.32. The number of anilines is 1. The lowest BCUT2D eigenvalue weighted by atomic mass is 10.2. The number of thioether (sulfide) groups is 1. The molecule has 17 heavy (non-hydrogen) atoms. The molecule has 0 bridgehead atoms. The van der Waals surface area contributed by atoms with Crippen molar-refractivity contribution in [3.8, 4) is 0 Å². The van der Waals surface area contributed by atoms with Gasteiger partial charge in [-0.05, 0) is 29.8 Å². The van der Waals surface area contributed by atoms with Crippen LogP contribution in [0.3, 0.4) is 0 Å². The predicted octanol–water partition coefficient (Wildman–Crippen LogP) is 3.84. The standard InChI is InChI=1S/C13H11F2NS/c14-10-5-6-11(15)13(7-10)17-8-9-3-1-2-4-12(9)16/h1-7H,8,16H2. The molecule has 0 aliphatic heterocycles. The maximum Gasteiger partial charge on any atom is 0.136 e. The molecule has 4 heteroatoms. The third-order valence-corrected chi connectivity index (χ3v) is 3.41. The number of para-hydroxylation sites is 1. The summed E-state index contributed by atoms with van der Waals surface area (Å²) in [5, 5.41) is 0. The molecule has 0 radical (unpaired) electrons. The van der Waals surface area contributed by atoms with Crippen molar-refractivity contribution in [1.29, 1.82) is 0 Å². The molecule has 88 valence electrons. The second-order valence-electron chi connectivity index (χ2n) is 3.56. The Kier molecular flexibility index (Phi) is 3.64. The van der Waals surface area contributed by atoms with Crippen LogP contribution in [0, 0.1) is 11.6 Å². The predicted molar refractivity (Wildman–Crippen MR) is 66.8 cm³/mol. The zero-order chi connectivity index (χ0) is 12.3. The molecule has 0 unspecified atom stereocenters. The van der Waals surface area contributed by atoms with Crippen molar-refractivity contribution in [2.45, 2.75) is 10.6 Å². The van der Waals surface area contributed by atoms with Crippen molar-refractivity contribution >= 4 is 17.4 Å². The first-order chi connectivity index (χ1) is 8.16. The van der Waals surface area contributed by atoms with Crippen molar-refractivity contribution in [3.05, 3.63) is 59.7 Å². The number of hydrogen-bond acceptors (Lipinski definition) is 2. The van der Waals surface area contributed by atoms with Crippen molar-refractivity contribution in [2.24, 2.45) is 0 Å². The largest absolute Gasteiger partial charge is 0.398 e. The van der Waals surface area contributed by atoms with Crippen LogP contribution >= 0.6 is 11.8 Å². The van der Waals surface area contributed by atoms with E-state index in [4.69, 9.17) is 5.73 Å². The zero-order valence-corrected chi connectivity index (χ0v) is 9.81. The van der Waals surface area contributed by atoms with Gasteiger partial charge in [0.2, 0.25) is 0 Å². The number of halogens is 2. The van der Waals surface area contributed by atoms with Gasteiger partial charge in [-0.25, -0.2) is 8.78 Å². The fraction of sp³-hybridized carbons (Fsp3) is 0.0769. The van der Waals surface area contributed by atoms with Gasteiger partial charge in [-0.15, -0.1) is 11.8 Å². The van der Waals surface area contributed by atoms with Gasteiger partial charge in [0.05, 0.1) is 0 Å². The Balaban J connectivity index is 2.12. The summed E-state index contributed by atoms with van der Waals surface area (Å²) in [5.41, 5.74) is 7.35. The van der Waals surface area contributed by atoms with Gasteiger partial charge in [0.15, 0.2) is 0 Å². The summed E-state index contributed by atoms with van der Waals surface area (Å²) in [5.74, 6) is -0.326. The van der Waals surface area contributed by atoms with Crippen LogP contribution in [0.4, 0.5) is 14.5 Å². The molecule has 0 spiro atoms. The highest BCUT2D eigenvalue weighted by Crippen LogP contribution is 2.27. The highest BCUT2D eigenvalue weighted by molar-refractivity contribution is 7.98. The Hall–Kier alpha value is -1.55. The third kappa shape index (κ3) is 2.97. The summed E-state index contributed by atoms with van der Waals surface area (Å²) >= 11 is 1.23. The van der Waals surface area contributed by atoms with Crippen LogP contribution in [-0.2, 0) is 5.75 Å². The van der Waals surface area contributed by atoms with Gasteiger partial charge in [0.1, 0.15) is 11.6 Å². The number of hydrogen-bond donors (Lipinski definition) is 1. The Morgan fingerprint density at radius 1 is 1.06 bits per heavy atom. The number of rotatable bonds is 3. The Labute approximate surface area is 103 Å². The van der Waals surface area contributed by atoms with Crippen molar-refractivity contribution in [3.63, 3.8) is 0 Å². The second kappa shape index (κ2) is 5.19. The molecule has 0 saturated heterocycles. The average molecular weight is 251 g/mol. The minimum Gasteiger partial charge on any atom is -0.398 e. The van der Waals surface area contributed by atoms with Crippen LogP contribution in [0.1, 0.15) is 5.56 Å². The lowest BCUT2D eigenvalue weighted by molar-refractivity contribution is 0.577. The smallest absolute Gasteiger partial charge is 0.136 e. The van der Waals surface area contributed by atoms with Crippen LogP contribution in [-0.4, -0.2) is 0 Å². The second-order valence-corrected chi connectivity index (χ2v) is 4.58. The molecule has 0 atom stereocenters. The maximum absolute atomic E-state index is 13.4. The molecule has 0 amide bonds. The van der Waals surface area contributed by atoms with Gasteiger partial charge in [-0.1, -0.05) is 18.2 Å². The van der Waals surface area contributed by atoms with Crippen LogP contribution in [0.2, 0.25) is 0 Å². The van der Waals surface area contributed by atoms with Crippen LogP contribution in [0.5, 0.6) is 0 Å². The lowest BCUT2D eigenvalue weighted by Crippen LogP contribution is -1.92. The number of nitrogen functional groups attached to an aromatic ring is 1. The summed E-state index contributed by atoms with van der Waals surface area (Å²) in [7, 11) is 0. The van der Waals surface area contributed by atoms with Gasteiger partial charge >= 0.3 is 0 Å². The maximum atomic E-state index is 13.4. The normalized spacial score (nSPS) is 10.5. The molecule has 2 aromatic carbocycles. The monoisotopic (exact) mass is 251 g/mol. The minimum atomic E-state index is -0.435. The van der Waals surface area contributed by atoms with Gasteiger partial charge in [0.25, 0.3) is 0 Å². The minimum absolute atomic E-state index is 0.299. The molecule has 2 N–H and O–H groups in total. The van der Waals surface area contributed by atoms with E-state index in [9.17, 15) is 8.78 Å². The topological polar surface area (TPSA) is 26.0 Å². The third-order valence-electron chi connectivity index (χ3n) is 2.33.